The standard InChI is InChI=1S/C13H10N2O2/c1-7-9-10(13(17)14-7)11(15-12(9)16)8-5-3-2-4-6-8/h2-6,15-16H,1H3. The molecule has 0 spiro atoms. The van der Waals surface area contributed by atoms with Crippen LogP contribution in [0.2, 0.25) is 0 Å². The van der Waals surface area contributed by atoms with Crippen molar-refractivity contribution in [2.45, 2.75) is 6.92 Å². The van der Waals surface area contributed by atoms with Gasteiger partial charge in [0.25, 0.3) is 5.91 Å². The molecular formula is C13H10N2O2. The van der Waals surface area contributed by atoms with Crippen LogP contribution in [0.3, 0.4) is 0 Å². The molecular weight excluding hydrogens is 216 g/mol. The fourth-order valence-corrected chi connectivity index (χ4v) is 2.14. The molecule has 1 aromatic carbocycles. The van der Waals surface area contributed by atoms with E-state index in [4.69, 9.17) is 0 Å². The molecule has 84 valence electrons. The second kappa shape index (κ2) is 3.31. The number of rotatable bonds is 1. The zero-order chi connectivity index (χ0) is 12.0. The van der Waals surface area contributed by atoms with E-state index in [1.54, 1.807) is 6.92 Å². The quantitative estimate of drug-likeness (QED) is 0.783. The number of benzene rings is 1. The van der Waals surface area contributed by atoms with Gasteiger partial charge in [0.15, 0.2) is 5.88 Å². The molecule has 1 amide bonds. The number of carbonyl (C=O) groups excluding carboxylic acids is 1. The normalized spacial score (nSPS) is 13.7. The zero-order valence-electron chi connectivity index (χ0n) is 9.19. The van der Waals surface area contributed by atoms with Crippen LogP contribution in [0.4, 0.5) is 0 Å². The molecule has 0 unspecified atom stereocenters. The van der Waals surface area contributed by atoms with Crippen molar-refractivity contribution in [1.29, 1.82) is 0 Å². The highest BCUT2D eigenvalue weighted by Gasteiger charge is 2.30. The van der Waals surface area contributed by atoms with Gasteiger partial charge in [0.2, 0.25) is 0 Å². The first kappa shape index (κ1) is 9.84. The van der Waals surface area contributed by atoms with Crippen LogP contribution in [0, 0.1) is 0 Å². The lowest BCUT2D eigenvalue weighted by Gasteiger charge is -1.99. The van der Waals surface area contributed by atoms with Gasteiger partial charge in [-0.15, -0.1) is 0 Å². The molecule has 3 rings (SSSR count). The number of aromatic hydroxyl groups is 1. The van der Waals surface area contributed by atoms with E-state index in [0.29, 0.717) is 22.5 Å². The summed E-state index contributed by atoms with van der Waals surface area (Å²) in [6.45, 7) is 1.71. The molecule has 1 aliphatic rings. The lowest BCUT2D eigenvalue weighted by atomic mass is 10.0. The molecule has 0 bridgehead atoms. The van der Waals surface area contributed by atoms with E-state index in [1.165, 1.54) is 0 Å². The van der Waals surface area contributed by atoms with E-state index in [0.717, 1.165) is 5.56 Å². The second-order valence-electron chi connectivity index (χ2n) is 3.97. The molecule has 0 aliphatic carbocycles. The summed E-state index contributed by atoms with van der Waals surface area (Å²) in [7, 11) is 0. The average Bonchev–Trinajstić information content (AvgIpc) is 2.81. The number of fused-ring (bicyclic) bond motifs is 1. The summed E-state index contributed by atoms with van der Waals surface area (Å²) in [5, 5.41) is 9.81. The van der Waals surface area contributed by atoms with E-state index in [2.05, 4.69) is 9.98 Å². The molecule has 1 aliphatic heterocycles. The van der Waals surface area contributed by atoms with E-state index in [1.807, 2.05) is 30.3 Å². The highest BCUT2D eigenvalue weighted by atomic mass is 16.3. The van der Waals surface area contributed by atoms with Crippen molar-refractivity contribution in [1.82, 2.24) is 4.98 Å². The Labute approximate surface area is 97.6 Å². The van der Waals surface area contributed by atoms with Gasteiger partial charge in [-0.2, -0.15) is 0 Å². The first-order valence-electron chi connectivity index (χ1n) is 5.29. The third kappa shape index (κ3) is 1.30. The molecule has 0 atom stereocenters. The first-order valence-corrected chi connectivity index (χ1v) is 5.29. The number of carbonyl (C=O) groups is 1. The predicted molar refractivity (Wildman–Crippen MR) is 64.4 cm³/mol. The smallest absolute Gasteiger partial charge is 0.280 e. The van der Waals surface area contributed by atoms with E-state index in [-0.39, 0.29) is 11.8 Å². The molecule has 17 heavy (non-hydrogen) atoms. The largest absolute Gasteiger partial charge is 0.494 e. The molecule has 0 saturated carbocycles. The number of nitrogens with zero attached hydrogens (tertiary/aromatic N) is 1. The number of H-pyrrole nitrogens is 1. The van der Waals surface area contributed by atoms with Gasteiger partial charge < -0.3 is 10.1 Å². The maximum atomic E-state index is 11.8. The highest BCUT2D eigenvalue weighted by molar-refractivity contribution is 6.24. The molecule has 2 aromatic rings. The van der Waals surface area contributed by atoms with Crippen molar-refractivity contribution in [3.63, 3.8) is 0 Å². The predicted octanol–water partition coefficient (Wildman–Crippen LogP) is 2.35. The molecule has 4 nitrogen and oxygen atoms in total. The lowest BCUT2D eigenvalue weighted by molar-refractivity contribution is 0.101. The van der Waals surface area contributed by atoms with E-state index in [9.17, 15) is 9.90 Å². The van der Waals surface area contributed by atoms with Crippen LogP contribution >= 0.6 is 0 Å². The maximum absolute atomic E-state index is 11.8. The Kier molecular flexibility index (Phi) is 1.92. The Balaban J connectivity index is 2.27. The Bertz CT molecular complexity index is 639. The van der Waals surface area contributed by atoms with E-state index < -0.39 is 0 Å². The van der Waals surface area contributed by atoms with Gasteiger partial charge >= 0.3 is 0 Å². The number of hydrogen-bond acceptors (Lipinski definition) is 2. The molecule has 1 aromatic heterocycles. The zero-order valence-corrected chi connectivity index (χ0v) is 9.19. The topological polar surface area (TPSA) is 65.5 Å². The van der Waals surface area contributed by atoms with Crippen molar-refractivity contribution in [2.24, 2.45) is 4.99 Å². The van der Waals surface area contributed by atoms with Gasteiger partial charge in [0.05, 0.1) is 22.5 Å². The van der Waals surface area contributed by atoms with Crippen molar-refractivity contribution in [3.05, 3.63) is 41.5 Å². The number of aliphatic imine (C=N–C) groups is 1. The Morgan fingerprint density at radius 2 is 1.88 bits per heavy atom. The van der Waals surface area contributed by atoms with Crippen molar-refractivity contribution in [2.75, 3.05) is 0 Å². The van der Waals surface area contributed by atoms with Gasteiger partial charge in [0.1, 0.15) is 0 Å². The summed E-state index contributed by atoms with van der Waals surface area (Å²) < 4.78 is 0. The summed E-state index contributed by atoms with van der Waals surface area (Å²) in [4.78, 5) is 18.5. The summed E-state index contributed by atoms with van der Waals surface area (Å²) in [5.74, 6) is -0.293. The summed E-state index contributed by atoms with van der Waals surface area (Å²) in [5.41, 5.74) is 3.03. The fraction of sp³-hybridized carbons (Fsp3) is 0.0769. The molecule has 0 fully saturated rings. The Morgan fingerprint density at radius 1 is 1.18 bits per heavy atom. The maximum Gasteiger partial charge on any atom is 0.280 e. The molecule has 0 radical (unpaired) electrons. The third-order valence-corrected chi connectivity index (χ3v) is 2.89. The molecule has 4 heteroatoms. The van der Waals surface area contributed by atoms with Crippen LogP contribution in [0.5, 0.6) is 5.88 Å². The van der Waals surface area contributed by atoms with Gasteiger partial charge in [0, 0.05) is 0 Å². The van der Waals surface area contributed by atoms with Gasteiger partial charge in [-0.1, -0.05) is 30.3 Å². The highest BCUT2D eigenvalue weighted by Crippen LogP contribution is 2.35. The van der Waals surface area contributed by atoms with Crippen molar-refractivity contribution in [3.8, 4) is 17.1 Å². The SMILES string of the molecule is CC1=NC(=O)c2c(-c3ccccc3)[nH]c(O)c21. The summed E-state index contributed by atoms with van der Waals surface area (Å²) in [6.07, 6.45) is 0. The van der Waals surface area contributed by atoms with Crippen LogP contribution in [-0.2, 0) is 0 Å². The number of hydrogen-bond donors (Lipinski definition) is 2. The van der Waals surface area contributed by atoms with Gasteiger partial charge in [-0.05, 0) is 12.5 Å². The monoisotopic (exact) mass is 226 g/mol. The minimum Gasteiger partial charge on any atom is -0.494 e. The van der Waals surface area contributed by atoms with Crippen LogP contribution < -0.4 is 0 Å². The molecule has 2 heterocycles. The summed E-state index contributed by atoms with van der Waals surface area (Å²) in [6, 6.07) is 9.43. The number of aromatic nitrogens is 1. The van der Waals surface area contributed by atoms with Crippen LogP contribution in [0.1, 0.15) is 22.8 Å². The minimum atomic E-state index is -0.298. The Morgan fingerprint density at radius 3 is 2.59 bits per heavy atom. The summed E-state index contributed by atoms with van der Waals surface area (Å²) >= 11 is 0. The lowest BCUT2D eigenvalue weighted by Crippen LogP contribution is -1.92. The van der Waals surface area contributed by atoms with E-state index >= 15 is 0 Å². The van der Waals surface area contributed by atoms with Crippen molar-refractivity contribution < 1.29 is 9.90 Å². The van der Waals surface area contributed by atoms with Gasteiger partial charge in [-0.25, -0.2) is 4.99 Å². The number of nitrogens with one attached hydrogen (secondary N) is 1. The fourth-order valence-electron chi connectivity index (χ4n) is 2.14. The van der Waals surface area contributed by atoms with Crippen LogP contribution in [0.15, 0.2) is 35.3 Å². The van der Waals surface area contributed by atoms with Crippen molar-refractivity contribution >= 4 is 11.6 Å². The Hall–Kier alpha value is -2.36. The molecule has 2 N–H and O–H groups in total. The third-order valence-electron chi connectivity index (χ3n) is 2.89. The second-order valence-corrected chi connectivity index (χ2v) is 3.97. The first-order chi connectivity index (χ1) is 8.18. The molecule has 0 saturated heterocycles. The van der Waals surface area contributed by atoms with Gasteiger partial charge in [-0.3, -0.25) is 4.79 Å². The average molecular weight is 226 g/mol. The van der Waals surface area contributed by atoms with Crippen LogP contribution in [-0.4, -0.2) is 21.7 Å². The number of amides is 1. The van der Waals surface area contributed by atoms with Crippen LogP contribution in [0.25, 0.3) is 11.3 Å². The minimum absolute atomic E-state index is 0.00551. The number of aromatic amines is 1.